The molecule has 0 spiro atoms. The molecule has 2 bridgehead atoms. The van der Waals surface area contributed by atoms with Crippen LogP contribution in [0.25, 0.3) is 11.6 Å². The van der Waals surface area contributed by atoms with Crippen LogP contribution in [-0.4, -0.2) is 11.1 Å². The van der Waals surface area contributed by atoms with Crippen LogP contribution in [0, 0.1) is 23.2 Å². The highest BCUT2D eigenvalue weighted by molar-refractivity contribution is 5.86. The minimum Gasteiger partial charge on any atom is -0.508 e. The molecule has 0 saturated heterocycles. The fourth-order valence-electron chi connectivity index (χ4n) is 6.10. The molecule has 2 aliphatic carbocycles. The number of hydrogen-bond acceptors (Lipinski definition) is 3. The Morgan fingerprint density at radius 1 is 0.917 bits per heavy atom. The quantitative estimate of drug-likeness (QED) is 0.220. The third kappa shape index (κ3) is 5.26. The van der Waals surface area contributed by atoms with Crippen molar-refractivity contribution in [1.82, 2.24) is 0 Å². The van der Waals surface area contributed by atoms with Gasteiger partial charge in [0, 0.05) is 5.92 Å². The Kier molecular flexibility index (Phi) is 6.75. The standard InChI is InChI=1S/C33H36O3/c1-33(2,3)32(35)36-28-17-10-22(11-18-28)20-29(24-7-5-4-6-8-24)31(25-13-15-27(34)16-14-25)30-21-23-9-12-26(30)19-23/h4-8,10-11,13-18,20,23,26,30-31,34H,9,12,19,21H2,1-3H3/b29-20+. The number of fused-ring (bicyclic) bond motifs is 2. The lowest BCUT2D eigenvalue weighted by Crippen LogP contribution is -2.25. The summed E-state index contributed by atoms with van der Waals surface area (Å²) in [5.41, 5.74) is 4.32. The first kappa shape index (κ1) is 24.4. The number of ether oxygens (including phenoxy) is 1. The van der Waals surface area contributed by atoms with Gasteiger partial charge in [0.15, 0.2) is 0 Å². The molecule has 36 heavy (non-hydrogen) atoms. The molecule has 4 atom stereocenters. The molecule has 0 radical (unpaired) electrons. The van der Waals surface area contributed by atoms with Crippen LogP contribution in [0.5, 0.6) is 11.5 Å². The third-order valence-electron chi connectivity index (χ3n) is 7.94. The van der Waals surface area contributed by atoms with Crippen molar-refractivity contribution in [2.45, 2.75) is 52.4 Å². The van der Waals surface area contributed by atoms with Gasteiger partial charge in [-0.25, -0.2) is 0 Å². The van der Waals surface area contributed by atoms with Crippen molar-refractivity contribution in [2.24, 2.45) is 23.2 Å². The van der Waals surface area contributed by atoms with Crippen LogP contribution in [0.3, 0.4) is 0 Å². The van der Waals surface area contributed by atoms with E-state index in [1.165, 1.54) is 42.4 Å². The predicted molar refractivity (Wildman–Crippen MR) is 146 cm³/mol. The Balaban J connectivity index is 1.54. The number of aromatic hydroxyl groups is 1. The van der Waals surface area contributed by atoms with Gasteiger partial charge in [-0.2, -0.15) is 0 Å². The molecular formula is C33H36O3. The lowest BCUT2D eigenvalue weighted by Gasteiger charge is -2.33. The van der Waals surface area contributed by atoms with Crippen molar-refractivity contribution in [2.75, 3.05) is 0 Å². The number of hydrogen-bond donors (Lipinski definition) is 1. The Morgan fingerprint density at radius 3 is 2.19 bits per heavy atom. The number of allylic oxidation sites excluding steroid dienone is 1. The first-order valence-corrected chi connectivity index (χ1v) is 13.2. The molecule has 0 amide bonds. The summed E-state index contributed by atoms with van der Waals surface area (Å²) in [4.78, 5) is 12.3. The second-order valence-electron chi connectivity index (χ2n) is 11.6. The maximum atomic E-state index is 12.3. The first-order valence-electron chi connectivity index (χ1n) is 13.2. The van der Waals surface area contributed by atoms with Gasteiger partial charge >= 0.3 is 5.97 Å². The second kappa shape index (κ2) is 9.97. The molecule has 0 aliphatic heterocycles. The van der Waals surface area contributed by atoms with E-state index in [1.807, 2.05) is 57.2 Å². The zero-order chi connectivity index (χ0) is 25.3. The summed E-state index contributed by atoms with van der Waals surface area (Å²) in [6.45, 7) is 5.58. The van der Waals surface area contributed by atoms with Gasteiger partial charge < -0.3 is 9.84 Å². The Bertz CT molecular complexity index is 1220. The van der Waals surface area contributed by atoms with Crippen LogP contribution in [0.1, 0.15) is 69.1 Å². The van der Waals surface area contributed by atoms with E-state index in [9.17, 15) is 9.90 Å². The summed E-state index contributed by atoms with van der Waals surface area (Å²) in [5.74, 6) is 3.06. The molecule has 186 valence electrons. The fraction of sp³-hybridized carbons (Fsp3) is 0.364. The Labute approximate surface area is 214 Å². The van der Waals surface area contributed by atoms with E-state index >= 15 is 0 Å². The minimum atomic E-state index is -0.545. The van der Waals surface area contributed by atoms with E-state index in [4.69, 9.17) is 4.74 Å². The van der Waals surface area contributed by atoms with Crippen LogP contribution in [0.4, 0.5) is 0 Å². The van der Waals surface area contributed by atoms with E-state index in [0.29, 0.717) is 17.4 Å². The van der Waals surface area contributed by atoms with Gasteiger partial charge in [-0.15, -0.1) is 0 Å². The van der Waals surface area contributed by atoms with E-state index in [-0.39, 0.29) is 11.9 Å². The summed E-state index contributed by atoms with van der Waals surface area (Å²) >= 11 is 0. The SMILES string of the molecule is CC(C)(C)C(=O)Oc1ccc(/C=C(\c2ccccc2)C(c2ccc(O)cc2)C2CC3CCC2C3)cc1. The molecule has 3 nitrogen and oxygen atoms in total. The Morgan fingerprint density at radius 2 is 1.61 bits per heavy atom. The highest BCUT2D eigenvalue weighted by Crippen LogP contribution is 2.56. The van der Waals surface area contributed by atoms with E-state index < -0.39 is 5.41 Å². The number of benzene rings is 3. The largest absolute Gasteiger partial charge is 0.508 e. The van der Waals surface area contributed by atoms with Crippen LogP contribution < -0.4 is 4.74 Å². The van der Waals surface area contributed by atoms with Gasteiger partial charge in [0.1, 0.15) is 11.5 Å². The van der Waals surface area contributed by atoms with Gasteiger partial charge in [-0.1, -0.05) is 67.1 Å². The Hall–Kier alpha value is -3.33. The predicted octanol–water partition coefficient (Wildman–Crippen LogP) is 8.10. The van der Waals surface area contributed by atoms with Gasteiger partial charge in [-0.3, -0.25) is 4.79 Å². The zero-order valence-electron chi connectivity index (χ0n) is 21.5. The third-order valence-corrected chi connectivity index (χ3v) is 7.94. The lowest BCUT2D eigenvalue weighted by atomic mass is 9.71. The highest BCUT2D eigenvalue weighted by atomic mass is 16.5. The average molecular weight is 481 g/mol. The van der Waals surface area contributed by atoms with Crippen molar-refractivity contribution in [3.63, 3.8) is 0 Å². The van der Waals surface area contributed by atoms with E-state index in [0.717, 1.165) is 17.4 Å². The van der Waals surface area contributed by atoms with Gasteiger partial charge in [-0.05, 0) is 104 Å². The number of phenolic OH excluding ortho intramolecular Hbond substituents is 1. The number of esters is 1. The molecule has 5 rings (SSSR count). The van der Waals surface area contributed by atoms with Crippen molar-refractivity contribution < 1.29 is 14.6 Å². The number of carbonyl (C=O) groups excluding carboxylic acids is 1. The molecule has 0 aromatic heterocycles. The molecule has 0 heterocycles. The fourth-order valence-corrected chi connectivity index (χ4v) is 6.10. The molecule has 3 heteroatoms. The van der Waals surface area contributed by atoms with Crippen LogP contribution in [0.2, 0.25) is 0 Å². The molecule has 1 N–H and O–H groups in total. The molecule has 3 aromatic rings. The molecule has 3 aromatic carbocycles. The lowest BCUT2D eigenvalue weighted by molar-refractivity contribution is -0.142. The normalized spacial score (nSPS) is 22.4. The summed E-state index contributed by atoms with van der Waals surface area (Å²) in [6, 6.07) is 26.3. The van der Waals surface area contributed by atoms with Crippen LogP contribution in [-0.2, 0) is 4.79 Å². The summed E-state index contributed by atoms with van der Waals surface area (Å²) < 4.78 is 5.58. The second-order valence-corrected chi connectivity index (χ2v) is 11.6. The minimum absolute atomic E-state index is 0.237. The maximum Gasteiger partial charge on any atom is 0.316 e. The molecule has 4 unspecified atom stereocenters. The number of rotatable bonds is 6. The van der Waals surface area contributed by atoms with Crippen LogP contribution >= 0.6 is 0 Å². The zero-order valence-corrected chi connectivity index (χ0v) is 21.5. The van der Waals surface area contributed by atoms with Crippen LogP contribution in [0.15, 0.2) is 78.9 Å². The summed E-state index contributed by atoms with van der Waals surface area (Å²) in [5, 5.41) is 9.99. The van der Waals surface area contributed by atoms with Crippen molar-refractivity contribution in [3.8, 4) is 11.5 Å². The average Bonchev–Trinajstić information content (AvgIpc) is 3.50. The van der Waals surface area contributed by atoms with Crippen molar-refractivity contribution in [3.05, 3.63) is 95.6 Å². The highest BCUT2D eigenvalue weighted by Gasteiger charge is 2.44. The molecule has 2 fully saturated rings. The smallest absolute Gasteiger partial charge is 0.316 e. The summed E-state index contributed by atoms with van der Waals surface area (Å²) in [7, 11) is 0. The first-order chi connectivity index (χ1) is 17.3. The number of carbonyl (C=O) groups is 1. The topological polar surface area (TPSA) is 46.5 Å². The van der Waals surface area contributed by atoms with Gasteiger partial charge in [0.2, 0.25) is 0 Å². The maximum absolute atomic E-state index is 12.3. The monoisotopic (exact) mass is 480 g/mol. The molecule has 2 aliphatic rings. The van der Waals surface area contributed by atoms with Gasteiger partial charge in [0.25, 0.3) is 0 Å². The molecule has 2 saturated carbocycles. The van der Waals surface area contributed by atoms with E-state index in [2.05, 4.69) is 48.5 Å². The molecular weight excluding hydrogens is 444 g/mol. The number of phenols is 1. The van der Waals surface area contributed by atoms with Gasteiger partial charge in [0.05, 0.1) is 5.41 Å². The van der Waals surface area contributed by atoms with Crippen molar-refractivity contribution in [1.29, 1.82) is 0 Å². The summed E-state index contributed by atoms with van der Waals surface area (Å²) in [6.07, 6.45) is 7.59. The van der Waals surface area contributed by atoms with Crippen molar-refractivity contribution >= 4 is 17.6 Å². The van der Waals surface area contributed by atoms with E-state index in [1.54, 1.807) is 0 Å².